The molecule has 4 heteroatoms. The average Bonchev–Trinajstić information content (AvgIpc) is 2.32. The zero-order valence-corrected chi connectivity index (χ0v) is 9.95. The second-order valence-electron chi connectivity index (χ2n) is 3.19. The first kappa shape index (κ1) is 11.1. The van der Waals surface area contributed by atoms with Crippen LogP contribution in [0.5, 0.6) is 5.75 Å². The Hall–Kier alpha value is -1.42. The molecule has 1 aromatic heterocycles. The Balaban J connectivity index is 2.08. The maximum Gasteiger partial charge on any atom is 0.230 e. The van der Waals surface area contributed by atoms with E-state index in [4.69, 9.17) is 4.74 Å². The monoisotopic (exact) mass is 281 g/mol. The number of pyridine rings is 1. The molecule has 0 radical (unpaired) electrons. The van der Waals surface area contributed by atoms with Crippen LogP contribution in [0.2, 0.25) is 0 Å². The Kier molecular flexibility index (Phi) is 3.51. The van der Waals surface area contributed by atoms with E-state index in [0.29, 0.717) is 12.4 Å². The predicted octanol–water partition coefficient (Wildman–Crippen LogP) is 3.56. The van der Waals surface area contributed by atoms with Crippen molar-refractivity contribution >= 4 is 15.9 Å². The fourth-order valence-corrected chi connectivity index (χ4v) is 1.60. The summed E-state index contributed by atoms with van der Waals surface area (Å²) < 4.78 is 18.8. The number of rotatable bonds is 3. The Bertz CT molecular complexity index is 476. The quantitative estimate of drug-likeness (QED) is 0.803. The van der Waals surface area contributed by atoms with Crippen molar-refractivity contribution < 1.29 is 9.13 Å². The third-order valence-corrected chi connectivity index (χ3v) is 2.77. The van der Waals surface area contributed by atoms with E-state index in [9.17, 15) is 4.39 Å². The fraction of sp³-hybridized carbons (Fsp3) is 0.0833. The molecule has 2 aromatic rings. The summed E-state index contributed by atoms with van der Waals surface area (Å²) in [6.07, 6.45) is 1.38. The summed E-state index contributed by atoms with van der Waals surface area (Å²) in [5.74, 6) is -0.109. The van der Waals surface area contributed by atoms with Crippen molar-refractivity contribution in [2.75, 3.05) is 0 Å². The standard InChI is InChI=1S/C12H9BrFNO/c13-11-10(6-7-15-12(11)14)16-8-9-4-2-1-3-5-9/h1-7H,8H2. The lowest BCUT2D eigenvalue weighted by Gasteiger charge is -2.07. The summed E-state index contributed by atoms with van der Waals surface area (Å²) in [5, 5.41) is 0. The van der Waals surface area contributed by atoms with Gasteiger partial charge in [-0.15, -0.1) is 0 Å². The van der Waals surface area contributed by atoms with Gasteiger partial charge >= 0.3 is 0 Å². The molecule has 1 heterocycles. The minimum Gasteiger partial charge on any atom is -0.487 e. The number of halogens is 2. The Labute approximate surface area is 101 Å². The first-order valence-electron chi connectivity index (χ1n) is 4.74. The van der Waals surface area contributed by atoms with Crippen molar-refractivity contribution in [3.05, 3.63) is 58.6 Å². The number of aromatic nitrogens is 1. The van der Waals surface area contributed by atoms with Gasteiger partial charge in [0.2, 0.25) is 5.95 Å². The smallest absolute Gasteiger partial charge is 0.230 e. The lowest BCUT2D eigenvalue weighted by molar-refractivity contribution is 0.301. The van der Waals surface area contributed by atoms with Crippen molar-refractivity contribution in [1.29, 1.82) is 0 Å². The molecule has 0 spiro atoms. The van der Waals surface area contributed by atoms with Gasteiger partial charge in [-0.05, 0) is 27.6 Å². The van der Waals surface area contributed by atoms with E-state index in [1.54, 1.807) is 6.07 Å². The van der Waals surface area contributed by atoms with Gasteiger partial charge in [-0.25, -0.2) is 4.98 Å². The predicted molar refractivity (Wildman–Crippen MR) is 62.7 cm³/mol. The molecule has 0 atom stereocenters. The van der Waals surface area contributed by atoms with Gasteiger partial charge in [0.1, 0.15) is 16.8 Å². The molecule has 0 bridgehead atoms. The fourth-order valence-electron chi connectivity index (χ4n) is 1.25. The zero-order chi connectivity index (χ0) is 11.4. The molecule has 0 unspecified atom stereocenters. The molecule has 82 valence electrons. The number of hydrogen-bond acceptors (Lipinski definition) is 2. The van der Waals surface area contributed by atoms with Crippen molar-refractivity contribution in [2.24, 2.45) is 0 Å². The Morgan fingerprint density at radius 3 is 2.69 bits per heavy atom. The molecule has 2 rings (SSSR count). The third kappa shape index (κ3) is 2.58. The number of hydrogen-bond donors (Lipinski definition) is 0. The molecule has 0 aliphatic heterocycles. The van der Waals surface area contributed by atoms with Gasteiger partial charge in [0.05, 0.1) is 0 Å². The van der Waals surface area contributed by atoms with Gasteiger partial charge in [0, 0.05) is 6.20 Å². The summed E-state index contributed by atoms with van der Waals surface area (Å²) in [4.78, 5) is 3.50. The Morgan fingerprint density at radius 1 is 1.19 bits per heavy atom. The van der Waals surface area contributed by atoms with Crippen LogP contribution in [0.1, 0.15) is 5.56 Å². The minimum absolute atomic E-state index is 0.255. The van der Waals surface area contributed by atoms with Crippen LogP contribution in [0.4, 0.5) is 4.39 Å². The van der Waals surface area contributed by atoms with Crippen LogP contribution in [0.25, 0.3) is 0 Å². The van der Waals surface area contributed by atoms with Crippen LogP contribution in [0.15, 0.2) is 47.1 Å². The summed E-state index contributed by atoms with van der Waals surface area (Å²) in [5.41, 5.74) is 1.03. The Morgan fingerprint density at radius 2 is 1.94 bits per heavy atom. The molecule has 0 saturated carbocycles. The zero-order valence-electron chi connectivity index (χ0n) is 8.36. The first-order valence-corrected chi connectivity index (χ1v) is 5.53. The molecule has 2 nitrogen and oxygen atoms in total. The topological polar surface area (TPSA) is 22.1 Å². The summed E-state index contributed by atoms with van der Waals surface area (Å²) >= 11 is 3.09. The average molecular weight is 282 g/mol. The van der Waals surface area contributed by atoms with Crippen LogP contribution in [0, 0.1) is 5.95 Å². The summed E-state index contributed by atoms with van der Waals surface area (Å²) in [6.45, 7) is 0.406. The number of benzene rings is 1. The lowest BCUT2D eigenvalue weighted by Crippen LogP contribution is -1.97. The second-order valence-corrected chi connectivity index (χ2v) is 3.98. The third-order valence-electron chi connectivity index (χ3n) is 2.05. The highest BCUT2D eigenvalue weighted by Gasteiger charge is 2.07. The van der Waals surface area contributed by atoms with Crippen LogP contribution in [-0.2, 0) is 6.61 Å². The number of ether oxygens (including phenoxy) is 1. The van der Waals surface area contributed by atoms with Crippen molar-refractivity contribution in [2.45, 2.75) is 6.61 Å². The highest BCUT2D eigenvalue weighted by molar-refractivity contribution is 9.10. The lowest BCUT2D eigenvalue weighted by atomic mass is 10.2. The first-order chi connectivity index (χ1) is 7.77. The SMILES string of the molecule is Fc1nccc(OCc2ccccc2)c1Br. The summed E-state index contributed by atoms with van der Waals surface area (Å²) in [6, 6.07) is 11.3. The van der Waals surface area contributed by atoms with Crippen molar-refractivity contribution in [1.82, 2.24) is 4.98 Å². The maximum absolute atomic E-state index is 13.1. The van der Waals surface area contributed by atoms with Crippen LogP contribution in [-0.4, -0.2) is 4.98 Å². The van der Waals surface area contributed by atoms with Crippen LogP contribution >= 0.6 is 15.9 Å². The van der Waals surface area contributed by atoms with E-state index in [-0.39, 0.29) is 4.47 Å². The number of nitrogens with zero attached hydrogens (tertiary/aromatic N) is 1. The van der Waals surface area contributed by atoms with Gasteiger partial charge in [-0.2, -0.15) is 4.39 Å². The molecule has 0 amide bonds. The summed E-state index contributed by atoms with van der Waals surface area (Å²) in [7, 11) is 0. The van der Waals surface area contributed by atoms with Gasteiger partial charge in [0.25, 0.3) is 0 Å². The van der Waals surface area contributed by atoms with E-state index in [2.05, 4.69) is 20.9 Å². The molecule has 0 aliphatic rings. The largest absolute Gasteiger partial charge is 0.487 e. The molecule has 16 heavy (non-hydrogen) atoms. The second kappa shape index (κ2) is 5.07. The molecule has 0 N–H and O–H groups in total. The van der Waals surface area contributed by atoms with Gasteiger partial charge < -0.3 is 4.74 Å². The minimum atomic E-state index is -0.564. The molecule has 0 saturated heterocycles. The molecule has 0 aliphatic carbocycles. The highest BCUT2D eigenvalue weighted by atomic mass is 79.9. The van der Waals surface area contributed by atoms with Crippen molar-refractivity contribution in [3.8, 4) is 5.75 Å². The normalized spacial score (nSPS) is 10.1. The molecule has 0 fully saturated rings. The van der Waals surface area contributed by atoms with Crippen LogP contribution in [0.3, 0.4) is 0 Å². The van der Waals surface area contributed by atoms with E-state index in [1.165, 1.54) is 6.20 Å². The molecular formula is C12H9BrFNO. The van der Waals surface area contributed by atoms with Crippen molar-refractivity contribution in [3.63, 3.8) is 0 Å². The van der Waals surface area contributed by atoms with E-state index >= 15 is 0 Å². The van der Waals surface area contributed by atoms with Crippen LogP contribution < -0.4 is 4.74 Å². The highest BCUT2D eigenvalue weighted by Crippen LogP contribution is 2.26. The molecule has 1 aromatic carbocycles. The van der Waals surface area contributed by atoms with Gasteiger partial charge in [-0.1, -0.05) is 30.3 Å². The van der Waals surface area contributed by atoms with E-state index in [0.717, 1.165) is 5.56 Å². The van der Waals surface area contributed by atoms with Gasteiger partial charge in [-0.3, -0.25) is 0 Å². The van der Waals surface area contributed by atoms with Gasteiger partial charge in [0.15, 0.2) is 0 Å². The maximum atomic E-state index is 13.1. The van der Waals surface area contributed by atoms with E-state index in [1.807, 2.05) is 30.3 Å². The molecular weight excluding hydrogens is 273 g/mol. The van der Waals surface area contributed by atoms with E-state index < -0.39 is 5.95 Å².